The van der Waals surface area contributed by atoms with Gasteiger partial charge in [0.05, 0.1) is 5.60 Å². The van der Waals surface area contributed by atoms with E-state index in [9.17, 15) is 5.11 Å². The molecule has 0 aromatic heterocycles. The van der Waals surface area contributed by atoms with E-state index in [1.807, 2.05) is 6.92 Å². The summed E-state index contributed by atoms with van der Waals surface area (Å²) in [5.41, 5.74) is 4.86. The number of hydrogen-bond acceptors (Lipinski definition) is 3. The second kappa shape index (κ2) is 6.72. The van der Waals surface area contributed by atoms with Gasteiger partial charge in [-0.2, -0.15) is 0 Å². The maximum absolute atomic E-state index is 9.86. The Labute approximate surface area is 106 Å². The summed E-state index contributed by atoms with van der Waals surface area (Å²) in [4.78, 5) is 2.60. The summed E-state index contributed by atoms with van der Waals surface area (Å²) in [6.07, 6.45) is 5.88. The molecule has 1 aliphatic rings. The van der Waals surface area contributed by atoms with E-state index in [2.05, 4.69) is 18.7 Å². The molecular weight excluding hydrogens is 212 g/mol. The SMILES string of the molecule is CC(C)CCN(CCCC(C)(O)CN)C1CC1. The van der Waals surface area contributed by atoms with Gasteiger partial charge in [0, 0.05) is 12.6 Å². The maximum Gasteiger partial charge on any atom is 0.0741 e. The Bertz CT molecular complexity index is 212. The van der Waals surface area contributed by atoms with Crippen LogP contribution in [0.2, 0.25) is 0 Å². The van der Waals surface area contributed by atoms with Crippen LogP contribution in [-0.2, 0) is 0 Å². The number of rotatable bonds is 9. The molecular formula is C14H30N2O. The van der Waals surface area contributed by atoms with Crippen molar-refractivity contribution >= 4 is 0 Å². The van der Waals surface area contributed by atoms with Gasteiger partial charge in [0.1, 0.15) is 0 Å². The van der Waals surface area contributed by atoms with E-state index in [0.29, 0.717) is 6.54 Å². The van der Waals surface area contributed by atoms with Gasteiger partial charge in [-0.1, -0.05) is 13.8 Å². The topological polar surface area (TPSA) is 49.5 Å². The van der Waals surface area contributed by atoms with Crippen molar-refractivity contribution in [2.75, 3.05) is 19.6 Å². The lowest BCUT2D eigenvalue weighted by Gasteiger charge is -2.26. The van der Waals surface area contributed by atoms with E-state index in [4.69, 9.17) is 5.73 Å². The third kappa shape index (κ3) is 6.39. The zero-order valence-electron chi connectivity index (χ0n) is 11.8. The monoisotopic (exact) mass is 242 g/mol. The normalized spacial score (nSPS) is 19.9. The third-order valence-electron chi connectivity index (χ3n) is 3.66. The fourth-order valence-corrected chi connectivity index (χ4v) is 2.11. The van der Waals surface area contributed by atoms with E-state index in [0.717, 1.165) is 31.3 Å². The molecule has 1 rings (SSSR count). The van der Waals surface area contributed by atoms with Crippen molar-refractivity contribution < 1.29 is 5.11 Å². The first-order chi connectivity index (χ1) is 7.94. The molecule has 1 unspecified atom stereocenters. The Kier molecular flexibility index (Phi) is 5.90. The van der Waals surface area contributed by atoms with Gasteiger partial charge in [0.15, 0.2) is 0 Å². The van der Waals surface area contributed by atoms with Crippen LogP contribution in [0, 0.1) is 5.92 Å². The highest BCUT2D eigenvalue weighted by molar-refractivity contribution is 4.85. The van der Waals surface area contributed by atoms with E-state index in [-0.39, 0.29) is 0 Å². The lowest BCUT2D eigenvalue weighted by Crippen LogP contribution is -2.36. The Balaban J connectivity index is 2.20. The van der Waals surface area contributed by atoms with Crippen molar-refractivity contribution in [2.45, 2.75) is 64.5 Å². The second-order valence-corrected chi connectivity index (χ2v) is 6.25. The van der Waals surface area contributed by atoms with Crippen LogP contribution >= 0.6 is 0 Å². The van der Waals surface area contributed by atoms with E-state index >= 15 is 0 Å². The first-order valence-electron chi connectivity index (χ1n) is 7.11. The quantitative estimate of drug-likeness (QED) is 0.650. The highest BCUT2D eigenvalue weighted by atomic mass is 16.3. The molecule has 1 aliphatic carbocycles. The van der Waals surface area contributed by atoms with Gasteiger partial charge in [-0.25, -0.2) is 0 Å². The average molecular weight is 242 g/mol. The average Bonchev–Trinajstić information content (AvgIpc) is 3.06. The zero-order chi connectivity index (χ0) is 12.9. The second-order valence-electron chi connectivity index (χ2n) is 6.25. The van der Waals surface area contributed by atoms with E-state index in [1.54, 1.807) is 0 Å². The number of nitrogens with two attached hydrogens (primary N) is 1. The summed E-state index contributed by atoms with van der Waals surface area (Å²) in [5, 5.41) is 9.86. The van der Waals surface area contributed by atoms with Crippen LogP contribution < -0.4 is 5.73 Å². The van der Waals surface area contributed by atoms with Crippen LogP contribution in [0.5, 0.6) is 0 Å². The zero-order valence-corrected chi connectivity index (χ0v) is 11.8. The summed E-state index contributed by atoms with van der Waals surface area (Å²) >= 11 is 0. The smallest absolute Gasteiger partial charge is 0.0741 e. The first kappa shape index (κ1) is 14.9. The predicted octanol–water partition coefficient (Wildman–Crippen LogP) is 1.99. The summed E-state index contributed by atoms with van der Waals surface area (Å²) in [6, 6.07) is 0.830. The fourth-order valence-electron chi connectivity index (χ4n) is 2.11. The Morgan fingerprint density at radius 1 is 1.35 bits per heavy atom. The Hall–Kier alpha value is -0.120. The van der Waals surface area contributed by atoms with Crippen molar-refractivity contribution in [1.29, 1.82) is 0 Å². The van der Waals surface area contributed by atoms with Gasteiger partial charge < -0.3 is 15.7 Å². The minimum Gasteiger partial charge on any atom is -0.389 e. The Morgan fingerprint density at radius 3 is 2.47 bits per heavy atom. The standard InChI is InChI=1S/C14H30N2O/c1-12(2)7-10-16(13-5-6-13)9-4-8-14(3,17)11-15/h12-13,17H,4-11,15H2,1-3H3. The van der Waals surface area contributed by atoms with Gasteiger partial charge in [-0.3, -0.25) is 0 Å². The minimum absolute atomic E-state index is 0.364. The summed E-state index contributed by atoms with van der Waals surface area (Å²) < 4.78 is 0. The molecule has 1 saturated carbocycles. The van der Waals surface area contributed by atoms with Gasteiger partial charge in [-0.15, -0.1) is 0 Å². The van der Waals surface area contributed by atoms with Crippen molar-refractivity contribution in [3.8, 4) is 0 Å². The highest BCUT2D eigenvalue weighted by Crippen LogP contribution is 2.28. The lowest BCUT2D eigenvalue weighted by atomic mass is 10.0. The number of nitrogens with zero attached hydrogens (tertiary/aromatic N) is 1. The fraction of sp³-hybridized carbons (Fsp3) is 1.00. The molecule has 3 N–H and O–H groups in total. The molecule has 0 amide bonds. The van der Waals surface area contributed by atoms with Crippen LogP contribution in [0.4, 0.5) is 0 Å². The lowest BCUT2D eigenvalue weighted by molar-refractivity contribution is 0.0538. The summed E-state index contributed by atoms with van der Waals surface area (Å²) in [5.74, 6) is 0.781. The Morgan fingerprint density at radius 2 is 2.00 bits per heavy atom. The summed E-state index contributed by atoms with van der Waals surface area (Å²) in [6.45, 7) is 9.10. The molecule has 0 aliphatic heterocycles. The number of aliphatic hydroxyl groups is 1. The molecule has 0 aromatic carbocycles. The first-order valence-corrected chi connectivity index (χ1v) is 7.11. The van der Waals surface area contributed by atoms with Gasteiger partial charge in [0.25, 0.3) is 0 Å². The van der Waals surface area contributed by atoms with Gasteiger partial charge in [-0.05, 0) is 58.0 Å². The molecule has 102 valence electrons. The third-order valence-corrected chi connectivity index (χ3v) is 3.66. The molecule has 0 spiro atoms. The molecule has 0 saturated heterocycles. The van der Waals surface area contributed by atoms with Crippen molar-refractivity contribution in [1.82, 2.24) is 4.90 Å². The number of hydrogen-bond donors (Lipinski definition) is 2. The minimum atomic E-state index is -0.673. The summed E-state index contributed by atoms with van der Waals surface area (Å²) in [7, 11) is 0. The predicted molar refractivity (Wildman–Crippen MR) is 73.0 cm³/mol. The molecule has 1 fully saturated rings. The van der Waals surface area contributed by atoms with Crippen LogP contribution in [0.25, 0.3) is 0 Å². The molecule has 3 heteroatoms. The molecule has 17 heavy (non-hydrogen) atoms. The molecule has 0 heterocycles. The molecule has 0 aromatic rings. The molecule has 3 nitrogen and oxygen atoms in total. The van der Waals surface area contributed by atoms with Crippen LogP contribution in [0.1, 0.15) is 52.9 Å². The van der Waals surface area contributed by atoms with Crippen LogP contribution in [0.15, 0.2) is 0 Å². The van der Waals surface area contributed by atoms with E-state index in [1.165, 1.54) is 25.8 Å². The molecule has 0 radical (unpaired) electrons. The largest absolute Gasteiger partial charge is 0.389 e. The van der Waals surface area contributed by atoms with Gasteiger partial charge in [0.2, 0.25) is 0 Å². The van der Waals surface area contributed by atoms with Gasteiger partial charge >= 0.3 is 0 Å². The van der Waals surface area contributed by atoms with Crippen LogP contribution in [0.3, 0.4) is 0 Å². The van der Waals surface area contributed by atoms with E-state index < -0.39 is 5.60 Å². The molecule has 1 atom stereocenters. The highest BCUT2D eigenvalue weighted by Gasteiger charge is 2.28. The van der Waals surface area contributed by atoms with Crippen LogP contribution in [-0.4, -0.2) is 41.3 Å². The maximum atomic E-state index is 9.86. The van der Waals surface area contributed by atoms with Crippen molar-refractivity contribution in [2.24, 2.45) is 11.7 Å². The van der Waals surface area contributed by atoms with Crippen molar-refractivity contribution in [3.63, 3.8) is 0 Å². The van der Waals surface area contributed by atoms with Crippen molar-refractivity contribution in [3.05, 3.63) is 0 Å². The molecule has 0 bridgehead atoms.